The van der Waals surface area contributed by atoms with E-state index in [0.717, 1.165) is 21.6 Å². The molecule has 1 aliphatic rings. The molecule has 0 spiro atoms. The van der Waals surface area contributed by atoms with E-state index in [4.69, 9.17) is 5.73 Å². The van der Waals surface area contributed by atoms with Crippen LogP contribution in [0.5, 0.6) is 5.75 Å². The van der Waals surface area contributed by atoms with E-state index in [-0.39, 0.29) is 11.7 Å². The Morgan fingerprint density at radius 2 is 1.95 bits per heavy atom. The van der Waals surface area contributed by atoms with Gasteiger partial charge in [-0.1, -0.05) is 0 Å². The smallest absolute Gasteiger partial charge is 0.321 e. The predicted molar refractivity (Wildman–Crippen MR) is 71.5 cm³/mol. The Kier molecular flexibility index (Phi) is 3.29. The number of imide groups is 1. The van der Waals surface area contributed by atoms with Crippen LogP contribution in [0.15, 0.2) is 17.7 Å². The highest BCUT2D eigenvalue weighted by Gasteiger charge is 2.29. The number of primary amides is 1. The van der Waals surface area contributed by atoms with Gasteiger partial charge in [-0.3, -0.25) is 9.69 Å². The number of benzene rings is 1. The van der Waals surface area contributed by atoms with Crippen molar-refractivity contribution in [3.05, 3.63) is 34.4 Å². The van der Waals surface area contributed by atoms with Crippen molar-refractivity contribution in [1.29, 1.82) is 0 Å². The number of carbonyl (C=O) groups excluding carboxylic acids is 2. The number of phenols is 1. The van der Waals surface area contributed by atoms with Gasteiger partial charge >= 0.3 is 6.03 Å². The molecule has 0 radical (unpaired) electrons. The second-order valence-corrected chi connectivity index (χ2v) is 4.72. The molecule has 1 aliphatic heterocycles. The fraction of sp³-hybridized carbons (Fsp3) is 0.286. The van der Waals surface area contributed by atoms with Gasteiger partial charge < -0.3 is 10.8 Å². The summed E-state index contributed by atoms with van der Waals surface area (Å²) in [7, 11) is 0. The summed E-state index contributed by atoms with van der Waals surface area (Å²) in [6.07, 6.45) is 2.24. The molecule has 3 amide bonds. The second-order valence-electron chi connectivity index (χ2n) is 4.72. The number of hydrogen-bond donors (Lipinski definition) is 2. The van der Waals surface area contributed by atoms with Gasteiger partial charge in [-0.15, -0.1) is 0 Å². The molecule has 2 rings (SSSR count). The monoisotopic (exact) mass is 260 g/mol. The van der Waals surface area contributed by atoms with E-state index in [0.29, 0.717) is 18.5 Å². The number of carbonyl (C=O) groups is 2. The van der Waals surface area contributed by atoms with Crippen molar-refractivity contribution in [2.24, 2.45) is 5.73 Å². The van der Waals surface area contributed by atoms with Crippen molar-refractivity contribution in [1.82, 2.24) is 4.90 Å². The summed E-state index contributed by atoms with van der Waals surface area (Å²) in [5.41, 5.74) is 8.02. The molecule has 0 atom stereocenters. The molecule has 1 saturated heterocycles. The lowest BCUT2D eigenvalue weighted by Crippen LogP contribution is -2.36. The first-order chi connectivity index (χ1) is 8.90. The summed E-state index contributed by atoms with van der Waals surface area (Å²) in [5, 5.41) is 9.70. The number of rotatable bonds is 1. The number of nitrogens with zero attached hydrogens (tertiary/aromatic N) is 1. The molecule has 0 unspecified atom stereocenters. The molecular weight excluding hydrogens is 244 g/mol. The maximum absolute atomic E-state index is 11.9. The Morgan fingerprint density at radius 3 is 2.42 bits per heavy atom. The van der Waals surface area contributed by atoms with E-state index < -0.39 is 6.03 Å². The van der Waals surface area contributed by atoms with Gasteiger partial charge in [-0.05, 0) is 55.2 Å². The van der Waals surface area contributed by atoms with Crippen molar-refractivity contribution in [2.75, 3.05) is 6.54 Å². The molecular formula is C14H16N2O3. The van der Waals surface area contributed by atoms with Gasteiger partial charge in [0.05, 0.1) is 0 Å². The first-order valence-electron chi connectivity index (χ1n) is 6.02. The summed E-state index contributed by atoms with van der Waals surface area (Å²) in [5.74, 6) is -0.0745. The maximum Gasteiger partial charge on any atom is 0.321 e. The summed E-state index contributed by atoms with van der Waals surface area (Å²) in [6, 6.07) is 2.89. The lowest BCUT2D eigenvalue weighted by molar-refractivity contribution is -0.122. The van der Waals surface area contributed by atoms with Gasteiger partial charge in [0.2, 0.25) is 0 Å². The highest BCUT2D eigenvalue weighted by atomic mass is 16.3. The quantitative estimate of drug-likeness (QED) is 0.754. The summed E-state index contributed by atoms with van der Waals surface area (Å²) in [4.78, 5) is 24.0. The zero-order valence-corrected chi connectivity index (χ0v) is 10.9. The van der Waals surface area contributed by atoms with Crippen LogP contribution in [0, 0.1) is 13.8 Å². The van der Waals surface area contributed by atoms with Crippen molar-refractivity contribution >= 4 is 18.0 Å². The minimum Gasteiger partial charge on any atom is -0.507 e. The Labute approximate surface area is 111 Å². The lowest BCUT2D eigenvalue weighted by Gasteiger charge is -2.08. The van der Waals surface area contributed by atoms with Crippen LogP contribution >= 0.6 is 0 Å². The minimum atomic E-state index is -0.716. The second kappa shape index (κ2) is 4.76. The number of likely N-dealkylation sites (tertiary alicyclic amines) is 1. The van der Waals surface area contributed by atoms with E-state index in [1.54, 1.807) is 32.1 Å². The first-order valence-corrected chi connectivity index (χ1v) is 6.02. The fourth-order valence-corrected chi connectivity index (χ4v) is 2.23. The molecule has 5 heteroatoms. The number of hydrogen-bond acceptors (Lipinski definition) is 3. The topological polar surface area (TPSA) is 83.6 Å². The summed E-state index contributed by atoms with van der Waals surface area (Å²) >= 11 is 0. The van der Waals surface area contributed by atoms with Gasteiger partial charge in [0, 0.05) is 12.1 Å². The first kappa shape index (κ1) is 13.1. The van der Waals surface area contributed by atoms with Crippen LogP contribution in [-0.2, 0) is 4.79 Å². The van der Waals surface area contributed by atoms with Crippen LogP contribution in [0.3, 0.4) is 0 Å². The normalized spacial score (nSPS) is 17.3. The van der Waals surface area contributed by atoms with Crippen LogP contribution < -0.4 is 5.73 Å². The predicted octanol–water partition coefficient (Wildman–Crippen LogP) is 1.70. The number of amides is 3. The molecule has 3 N–H and O–H groups in total. The third kappa shape index (κ3) is 2.45. The average Bonchev–Trinajstić information content (AvgIpc) is 2.68. The molecule has 0 saturated carbocycles. The minimum absolute atomic E-state index is 0.263. The number of nitrogens with two attached hydrogens (primary N) is 1. The Bertz CT molecular complexity index is 567. The van der Waals surface area contributed by atoms with E-state index in [1.165, 1.54) is 0 Å². The van der Waals surface area contributed by atoms with E-state index in [1.807, 2.05) is 0 Å². The number of aryl methyl sites for hydroxylation is 2. The average molecular weight is 260 g/mol. The number of urea groups is 1. The zero-order chi connectivity index (χ0) is 14.2. The van der Waals surface area contributed by atoms with Crippen molar-refractivity contribution in [3.63, 3.8) is 0 Å². The van der Waals surface area contributed by atoms with Gasteiger partial charge in [0.1, 0.15) is 5.75 Å². The standard InChI is InChI=1S/C14H16N2O3/c1-8-5-10(6-9(2)12(8)17)7-11-3-4-16(13(11)18)14(15)19/h5-7,17H,3-4H2,1-2H3,(H2,15,19). The molecule has 0 aliphatic carbocycles. The molecule has 5 nitrogen and oxygen atoms in total. The van der Waals surface area contributed by atoms with Crippen LogP contribution in [0.2, 0.25) is 0 Å². The van der Waals surface area contributed by atoms with Crippen LogP contribution in [-0.4, -0.2) is 28.5 Å². The van der Waals surface area contributed by atoms with Crippen LogP contribution in [0.25, 0.3) is 6.08 Å². The van der Waals surface area contributed by atoms with Gasteiger partial charge in [0.25, 0.3) is 5.91 Å². The Hall–Kier alpha value is -2.30. The lowest BCUT2D eigenvalue weighted by atomic mass is 10.0. The van der Waals surface area contributed by atoms with Gasteiger partial charge in [-0.2, -0.15) is 0 Å². The molecule has 1 aromatic rings. The highest BCUT2D eigenvalue weighted by Crippen LogP contribution is 2.26. The maximum atomic E-state index is 11.9. The zero-order valence-electron chi connectivity index (χ0n) is 10.9. The number of phenolic OH excluding ortho intramolecular Hbond substituents is 1. The molecule has 1 heterocycles. The van der Waals surface area contributed by atoms with Gasteiger partial charge in [0.15, 0.2) is 0 Å². The molecule has 0 bridgehead atoms. The summed E-state index contributed by atoms with van der Waals surface area (Å²) < 4.78 is 0. The van der Waals surface area contributed by atoms with Crippen LogP contribution in [0.4, 0.5) is 4.79 Å². The molecule has 0 aromatic heterocycles. The van der Waals surface area contributed by atoms with Crippen LogP contribution in [0.1, 0.15) is 23.1 Å². The third-order valence-electron chi connectivity index (χ3n) is 3.24. The Balaban J connectivity index is 2.33. The number of aromatic hydroxyl groups is 1. The largest absolute Gasteiger partial charge is 0.507 e. The fourth-order valence-electron chi connectivity index (χ4n) is 2.23. The highest BCUT2D eigenvalue weighted by molar-refractivity contribution is 6.08. The van der Waals surface area contributed by atoms with E-state index in [9.17, 15) is 14.7 Å². The van der Waals surface area contributed by atoms with Crippen molar-refractivity contribution < 1.29 is 14.7 Å². The van der Waals surface area contributed by atoms with Gasteiger partial charge in [-0.25, -0.2) is 4.79 Å². The SMILES string of the molecule is Cc1cc(C=C2CCN(C(N)=O)C2=O)cc(C)c1O. The molecule has 1 fully saturated rings. The van der Waals surface area contributed by atoms with E-state index >= 15 is 0 Å². The third-order valence-corrected chi connectivity index (χ3v) is 3.24. The summed E-state index contributed by atoms with van der Waals surface area (Å²) in [6.45, 7) is 3.93. The Morgan fingerprint density at radius 1 is 1.37 bits per heavy atom. The van der Waals surface area contributed by atoms with E-state index in [2.05, 4.69) is 0 Å². The van der Waals surface area contributed by atoms with Crippen molar-refractivity contribution in [3.8, 4) is 5.75 Å². The molecule has 19 heavy (non-hydrogen) atoms. The molecule has 100 valence electrons. The molecule has 1 aromatic carbocycles. The van der Waals surface area contributed by atoms with Crippen molar-refractivity contribution in [2.45, 2.75) is 20.3 Å².